The predicted molar refractivity (Wildman–Crippen MR) is 65.4 cm³/mol. The molecule has 0 aliphatic heterocycles. The molecule has 2 rings (SSSR count). The summed E-state index contributed by atoms with van der Waals surface area (Å²) in [5, 5.41) is 0. The lowest BCUT2D eigenvalue weighted by molar-refractivity contribution is 0.0738. The molecule has 0 radical (unpaired) electrons. The van der Waals surface area contributed by atoms with E-state index in [1.165, 1.54) is 0 Å². The second-order valence-corrected chi connectivity index (χ2v) is 4.91. The van der Waals surface area contributed by atoms with Gasteiger partial charge >= 0.3 is 0 Å². The number of hydrogen-bond donors (Lipinski definition) is 0. The van der Waals surface area contributed by atoms with E-state index in [4.69, 9.17) is 4.42 Å². The summed E-state index contributed by atoms with van der Waals surface area (Å²) in [4.78, 5) is 14.2. The van der Waals surface area contributed by atoms with Crippen LogP contribution < -0.4 is 0 Å². The van der Waals surface area contributed by atoms with Gasteiger partial charge in [0.2, 0.25) is 0 Å². The van der Waals surface area contributed by atoms with Crippen molar-refractivity contribution in [2.24, 2.45) is 0 Å². The van der Waals surface area contributed by atoms with Gasteiger partial charge in [-0.25, -0.2) is 0 Å². The van der Waals surface area contributed by atoms with E-state index in [1.54, 1.807) is 12.3 Å². The number of furan rings is 1. The molecule has 0 aromatic carbocycles. The molecule has 1 aliphatic carbocycles. The summed E-state index contributed by atoms with van der Waals surface area (Å²) in [6.07, 6.45) is 6.01. The molecule has 1 fully saturated rings. The largest absolute Gasteiger partial charge is 0.457 e. The van der Waals surface area contributed by atoms with Crippen LogP contribution in [0.2, 0.25) is 0 Å². The second-order valence-electron chi connectivity index (χ2n) is 4.19. The first kappa shape index (κ1) is 11.7. The number of hydrogen-bond acceptors (Lipinski definition) is 2. The van der Waals surface area contributed by atoms with Crippen molar-refractivity contribution < 1.29 is 9.21 Å². The topological polar surface area (TPSA) is 33.5 Å². The molecule has 88 valence electrons. The fourth-order valence-corrected chi connectivity index (χ4v) is 2.18. The van der Waals surface area contributed by atoms with Gasteiger partial charge in [0.15, 0.2) is 4.67 Å². The zero-order chi connectivity index (χ0) is 11.5. The Balaban J connectivity index is 2.08. The Labute approximate surface area is 104 Å². The van der Waals surface area contributed by atoms with Gasteiger partial charge in [0.1, 0.15) is 0 Å². The Morgan fingerprint density at radius 3 is 2.88 bits per heavy atom. The summed E-state index contributed by atoms with van der Waals surface area (Å²) in [7, 11) is 0. The van der Waals surface area contributed by atoms with Crippen molar-refractivity contribution in [2.75, 3.05) is 6.54 Å². The van der Waals surface area contributed by atoms with Gasteiger partial charge in [0, 0.05) is 12.6 Å². The van der Waals surface area contributed by atoms with E-state index in [0.717, 1.165) is 32.2 Å². The Morgan fingerprint density at radius 2 is 2.38 bits per heavy atom. The van der Waals surface area contributed by atoms with E-state index >= 15 is 0 Å². The van der Waals surface area contributed by atoms with Crippen molar-refractivity contribution in [1.82, 2.24) is 4.90 Å². The van der Waals surface area contributed by atoms with Gasteiger partial charge in [-0.15, -0.1) is 0 Å². The number of carbonyl (C=O) groups excluding carboxylic acids is 1. The highest BCUT2D eigenvalue weighted by molar-refractivity contribution is 9.10. The minimum Gasteiger partial charge on any atom is -0.457 e. The van der Waals surface area contributed by atoms with Crippen LogP contribution in [0.1, 0.15) is 43.0 Å². The number of nitrogens with zero attached hydrogens (tertiary/aromatic N) is 1. The van der Waals surface area contributed by atoms with Crippen LogP contribution in [0.25, 0.3) is 0 Å². The number of rotatable bonds is 5. The Morgan fingerprint density at radius 1 is 1.62 bits per heavy atom. The third-order valence-corrected chi connectivity index (χ3v) is 3.46. The molecule has 0 unspecified atom stereocenters. The lowest BCUT2D eigenvalue weighted by Crippen LogP contribution is -2.33. The quantitative estimate of drug-likeness (QED) is 0.830. The lowest BCUT2D eigenvalue weighted by Gasteiger charge is -2.21. The molecular formula is C12H16BrNO2. The van der Waals surface area contributed by atoms with Gasteiger partial charge in [-0.3, -0.25) is 4.79 Å². The van der Waals surface area contributed by atoms with Crippen molar-refractivity contribution in [3.8, 4) is 0 Å². The standard InChI is InChI=1S/C12H16BrNO2/c1-2-3-7-14(9-4-5-9)12(15)10-6-8-16-11(10)13/h6,8-9H,2-5,7H2,1H3. The van der Waals surface area contributed by atoms with Crippen LogP contribution in [0.5, 0.6) is 0 Å². The molecule has 1 aromatic heterocycles. The molecule has 4 heteroatoms. The highest BCUT2D eigenvalue weighted by Gasteiger charge is 2.33. The fourth-order valence-electron chi connectivity index (χ4n) is 1.77. The van der Waals surface area contributed by atoms with Crippen molar-refractivity contribution in [3.63, 3.8) is 0 Å². The summed E-state index contributed by atoms with van der Waals surface area (Å²) in [5.74, 6) is 0.0941. The summed E-state index contributed by atoms with van der Waals surface area (Å²) in [5.41, 5.74) is 0.642. The molecular weight excluding hydrogens is 270 g/mol. The normalized spacial score (nSPS) is 15.1. The first-order valence-electron chi connectivity index (χ1n) is 5.78. The molecule has 0 spiro atoms. The maximum absolute atomic E-state index is 12.3. The molecule has 16 heavy (non-hydrogen) atoms. The Kier molecular flexibility index (Phi) is 3.69. The molecule has 1 aromatic rings. The summed E-state index contributed by atoms with van der Waals surface area (Å²) >= 11 is 3.26. The van der Waals surface area contributed by atoms with Gasteiger partial charge in [-0.05, 0) is 41.3 Å². The van der Waals surface area contributed by atoms with Crippen molar-refractivity contribution in [1.29, 1.82) is 0 Å². The smallest absolute Gasteiger partial charge is 0.258 e. The monoisotopic (exact) mass is 285 g/mol. The molecule has 1 aliphatic rings. The molecule has 3 nitrogen and oxygen atoms in total. The molecule has 0 saturated heterocycles. The van der Waals surface area contributed by atoms with Crippen LogP contribution in [-0.4, -0.2) is 23.4 Å². The number of unbranched alkanes of at least 4 members (excludes halogenated alkanes) is 1. The van der Waals surface area contributed by atoms with Crippen LogP contribution in [0.4, 0.5) is 0 Å². The van der Waals surface area contributed by atoms with Gasteiger partial charge < -0.3 is 9.32 Å². The van der Waals surface area contributed by atoms with Crippen LogP contribution in [0, 0.1) is 0 Å². The number of carbonyl (C=O) groups is 1. The molecule has 1 amide bonds. The lowest BCUT2D eigenvalue weighted by atomic mass is 10.2. The minimum absolute atomic E-state index is 0.0941. The Bertz CT molecular complexity index is 371. The first-order chi connectivity index (χ1) is 7.74. The molecule has 1 heterocycles. The second kappa shape index (κ2) is 5.04. The maximum atomic E-state index is 12.3. The van der Waals surface area contributed by atoms with Crippen molar-refractivity contribution in [2.45, 2.75) is 38.6 Å². The average Bonchev–Trinajstić information content (AvgIpc) is 3.01. The predicted octanol–water partition coefficient (Wildman–Crippen LogP) is 3.45. The van der Waals surface area contributed by atoms with E-state index < -0.39 is 0 Å². The zero-order valence-corrected chi connectivity index (χ0v) is 11.0. The van der Waals surface area contributed by atoms with Gasteiger partial charge in [-0.2, -0.15) is 0 Å². The summed E-state index contributed by atoms with van der Waals surface area (Å²) in [6.45, 7) is 3.00. The molecule has 0 atom stereocenters. The third kappa shape index (κ3) is 2.48. The summed E-state index contributed by atoms with van der Waals surface area (Å²) in [6, 6.07) is 2.19. The minimum atomic E-state index is 0.0941. The number of halogens is 1. The zero-order valence-electron chi connectivity index (χ0n) is 9.41. The number of amides is 1. The van der Waals surface area contributed by atoms with Gasteiger partial charge in [-0.1, -0.05) is 13.3 Å². The van der Waals surface area contributed by atoms with E-state index in [1.807, 2.05) is 4.90 Å². The van der Waals surface area contributed by atoms with Crippen LogP contribution >= 0.6 is 15.9 Å². The fraction of sp³-hybridized carbons (Fsp3) is 0.583. The van der Waals surface area contributed by atoms with Gasteiger partial charge in [0.25, 0.3) is 5.91 Å². The average molecular weight is 286 g/mol. The van der Waals surface area contributed by atoms with Crippen LogP contribution in [0.15, 0.2) is 21.4 Å². The van der Waals surface area contributed by atoms with Crippen molar-refractivity contribution in [3.05, 3.63) is 22.6 Å². The molecule has 1 saturated carbocycles. The van der Waals surface area contributed by atoms with E-state index in [-0.39, 0.29) is 5.91 Å². The maximum Gasteiger partial charge on any atom is 0.258 e. The van der Waals surface area contributed by atoms with Crippen molar-refractivity contribution >= 4 is 21.8 Å². The third-order valence-electron chi connectivity index (χ3n) is 2.85. The first-order valence-corrected chi connectivity index (χ1v) is 6.57. The van der Waals surface area contributed by atoms with Crippen LogP contribution in [0.3, 0.4) is 0 Å². The molecule has 0 bridgehead atoms. The van der Waals surface area contributed by atoms with Gasteiger partial charge in [0.05, 0.1) is 11.8 Å². The van der Waals surface area contributed by atoms with E-state index in [0.29, 0.717) is 16.3 Å². The van der Waals surface area contributed by atoms with E-state index in [2.05, 4.69) is 22.9 Å². The molecule has 0 N–H and O–H groups in total. The Hall–Kier alpha value is -0.770. The van der Waals surface area contributed by atoms with E-state index in [9.17, 15) is 4.79 Å². The van der Waals surface area contributed by atoms with Crippen LogP contribution in [-0.2, 0) is 0 Å². The SMILES string of the molecule is CCCCN(C(=O)c1ccoc1Br)C1CC1. The highest BCUT2D eigenvalue weighted by atomic mass is 79.9. The highest BCUT2D eigenvalue weighted by Crippen LogP contribution is 2.30. The summed E-state index contributed by atoms with van der Waals surface area (Å²) < 4.78 is 5.65.